The van der Waals surface area contributed by atoms with Crippen molar-refractivity contribution in [3.05, 3.63) is 35.9 Å². The number of fused-ring (bicyclic) bond motifs is 2. The minimum absolute atomic E-state index is 0.298. The smallest absolute Gasteiger partial charge is 0.0657 e. The second-order valence-electron chi connectivity index (χ2n) is 5.69. The molecule has 0 saturated carbocycles. The van der Waals surface area contributed by atoms with Crippen LogP contribution in [0.3, 0.4) is 0 Å². The van der Waals surface area contributed by atoms with Crippen molar-refractivity contribution in [1.29, 1.82) is 5.26 Å². The molecule has 0 aliphatic carbocycles. The van der Waals surface area contributed by atoms with Gasteiger partial charge in [0, 0.05) is 24.5 Å². The molecule has 0 aromatic heterocycles. The fourth-order valence-corrected chi connectivity index (χ4v) is 3.64. The summed E-state index contributed by atoms with van der Waals surface area (Å²) in [5, 5.41) is 9.15. The van der Waals surface area contributed by atoms with Crippen LogP contribution in [0.4, 0.5) is 0 Å². The molecule has 3 rings (SSSR count). The lowest BCUT2D eigenvalue weighted by atomic mass is 9.79. The zero-order valence-corrected chi connectivity index (χ0v) is 10.8. The van der Waals surface area contributed by atoms with E-state index in [4.69, 9.17) is 5.26 Å². The summed E-state index contributed by atoms with van der Waals surface area (Å²) in [4.78, 5) is 2.66. The van der Waals surface area contributed by atoms with E-state index in [-0.39, 0.29) is 0 Å². The lowest BCUT2D eigenvalue weighted by molar-refractivity contribution is 0.0184. The molecule has 2 aliphatic rings. The van der Waals surface area contributed by atoms with Crippen LogP contribution in [0.5, 0.6) is 0 Å². The van der Waals surface area contributed by atoms with Crippen LogP contribution < -0.4 is 0 Å². The molecule has 2 aliphatic heterocycles. The van der Waals surface area contributed by atoms with Crippen molar-refractivity contribution in [1.82, 2.24) is 4.90 Å². The highest BCUT2D eigenvalue weighted by molar-refractivity contribution is 5.15. The monoisotopic (exact) mass is 240 g/mol. The number of benzene rings is 1. The normalized spacial score (nSPS) is 31.8. The molecule has 1 aromatic carbocycles. The first kappa shape index (κ1) is 11.7. The standard InChI is InChI=1S/C16H20N2/c17-11-14-9-15-7-4-8-16(10-14)18(15)12-13-5-2-1-3-6-13/h1-3,5-6,14-16H,4,7-10,12H2/t14?,15-,16+. The molecule has 3 atom stereocenters. The van der Waals surface area contributed by atoms with Crippen LogP contribution in [0.15, 0.2) is 30.3 Å². The molecule has 1 aromatic rings. The highest BCUT2D eigenvalue weighted by Crippen LogP contribution is 2.37. The second-order valence-corrected chi connectivity index (χ2v) is 5.69. The van der Waals surface area contributed by atoms with Crippen LogP contribution in [-0.2, 0) is 6.54 Å². The number of hydrogen-bond donors (Lipinski definition) is 0. The molecule has 2 saturated heterocycles. The third-order valence-electron chi connectivity index (χ3n) is 4.52. The Morgan fingerprint density at radius 3 is 2.39 bits per heavy atom. The minimum atomic E-state index is 0.298. The van der Waals surface area contributed by atoms with Gasteiger partial charge in [-0.1, -0.05) is 36.8 Å². The van der Waals surface area contributed by atoms with Gasteiger partial charge in [-0.2, -0.15) is 5.26 Å². The topological polar surface area (TPSA) is 27.0 Å². The molecule has 0 amide bonds. The summed E-state index contributed by atoms with van der Waals surface area (Å²) in [5.41, 5.74) is 1.41. The van der Waals surface area contributed by atoms with Crippen molar-refractivity contribution in [3.63, 3.8) is 0 Å². The SMILES string of the molecule is N#CC1C[C@H]2CCC[C@@H](C1)N2Cc1ccccc1. The number of piperidine rings is 2. The van der Waals surface area contributed by atoms with Gasteiger partial charge in [0.25, 0.3) is 0 Å². The van der Waals surface area contributed by atoms with E-state index >= 15 is 0 Å². The van der Waals surface area contributed by atoms with Crippen molar-refractivity contribution >= 4 is 0 Å². The molecule has 1 unspecified atom stereocenters. The van der Waals surface area contributed by atoms with Gasteiger partial charge in [-0.25, -0.2) is 0 Å². The molecule has 2 bridgehead atoms. The lowest BCUT2D eigenvalue weighted by Gasteiger charge is -2.47. The summed E-state index contributed by atoms with van der Waals surface area (Å²) >= 11 is 0. The summed E-state index contributed by atoms with van der Waals surface area (Å²) in [6.07, 6.45) is 6.07. The molecule has 2 fully saturated rings. The van der Waals surface area contributed by atoms with Gasteiger partial charge in [-0.3, -0.25) is 4.90 Å². The highest BCUT2D eigenvalue weighted by atomic mass is 15.2. The van der Waals surface area contributed by atoms with Crippen molar-refractivity contribution < 1.29 is 0 Å². The number of nitrogens with zero attached hydrogens (tertiary/aromatic N) is 2. The van der Waals surface area contributed by atoms with E-state index in [1.165, 1.54) is 24.8 Å². The first-order valence-electron chi connectivity index (χ1n) is 7.06. The summed E-state index contributed by atoms with van der Waals surface area (Å²) in [5.74, 6) is 0.298. The second kappa shape index (κ2) is 5.12. The van der Waals surface area contributed by atoms with E-state index in [1.54, 1.807) is 0 Å². The van der Waals surface area contributed by atoms with Gasteiger partial charge in [0.15, 0.2) is 0 Å². The Morgan fingerprint density at radius 2 is 1.78 bits per heavy atom. The van der Waals surface area contributed by atoms with E-state index in [1.807, 2.05) is 0 Å². The first-order valence-corrected chi connectivity index (χ1v) is 7.06. The van der Waals surface area contributed by atoms with Gasteiger partial charge in [-0.05, 0) is 31.2 Å². The lowest BCUT2D eigenvalue weighted by Crippen LogP contribution is -2.51. The van der Waals surface area contributed by atoms with Crippen LogP contribution in [0.2, 0.25) is 0 Å². The summed E-state index contributed by atoms with van der Waals surface area (Å²) in [6.45, 7) is 1.06. The molecule has 94 valence electrons. The Balaban J connectivity index is 1.74. The van der Waals surface area contributed by atoms with Crippen LogP contribution in [-0.4, -0.2) is 17.0 Å². The Kier molecular flexibility index (Phi) is 3.34. The fraction of sp³-hybridized carbons (Fsp3) is 0.562. The molecule has 0 radical (unpaired) electrons. The Hall–Kier alpha value is -1.33. The Bertz CT molecular complexity index is 420. The number of rotatable bonds is 2. The molecule has 0 spiro atoms. The van der Waals surface area contributed by atoms with Gasteiger partial charge in [0.1, 0.15) is 0 Å². The number of nitriles is 1. The first-order chi connectivity index (χ1) is 8.86. The molecular formula is C16H20N2. The molecule has 2 nitrogen and oxygen atoms in total. The highest BCUT2D eigenvalue weighted by Gasteiger charge is 2.37. The summed E-state index contributed by atoms with van der Waals surface area (Å²) in [6, 6.07) is 14.5. The van der Waals surface area contributed by atoms with E-state index in [2.05, 4.69) is 41.3 Å². The molecule has 2 heterocycles. The minimum Gasteiger partial charge on any atom is -0.293 e. The van der Waals surface area contributed by atoms with Crippen molar-refractivity contribution in [2.45, 2.75) is 50.7 Å². The zero-order valence-electron chi connectivity index (χ0n) is 10.8. The van der Waals surface area contributed by atoms with Gasteiger partial charge >= 0.3 is 0 Å². The van der Waals surface area contributed by atoms with Crippen LogP contribution in [0.1, 0.15) is 37.7 Å². The van der Waals surface area contributed by atoms with E-state index in [9.17, 15) is 0 Å². The summed E-state index contributed by atoms with van der Waals surface area (Å²) in [7, 11) is 0. The third kappa shape index (κ3) is 2.28. The maximum Gasteiger partial charge on any atom is 0.0657 e. The summed E-state index contributed by atoms with van der Waals surface area (Å²) < 4.78 is 0. The van der Waals surface area contributed by atoms with Gasteiger partial charge in [0.05, 0.1) is 6.07 Å². The fourth-order valence-electron chi connectivity index (χ4n) is 3.64. The number of hydrogen-bond acceptors (Lipinski definition) is 2. The van der Waals surface area contributed by atoms with Gasteiger partial charge < -0.3 is 0 Å². The zero-order chi connectivity index (χ0) is 12.4. The average Bonchev–Trinajstić information content (AvgIpc) is 2.39. The maximum absolute atomic E-state index is 9.15. The molecule has 2 heteroatoms. The molecule has 18 heavy (non-hydrogen) atoms. The van der Waals surface area contributed by atoms with Crippen molar-refractivity contribution in [3.8, 4) is 6.07 Å². The average molecular weight is 240 g/mol. The third-order valence-corrected chi connectivity index (χ3v) is 4.52. The van der Waals surface area contributed by atoms with Crippen molar-refractivity contribution in [2.24, 2.45) is 5.92 Å². The van der Waals surface area contributed by atoms with Crippen molar-refractivity contribution in [2.75, 3.05) is 0 Å². The Morgan fingerprint density at radius 1 is 1.11 bits per heavy atom. The Labute approximate surface area is 109 Å². The predicted octanol–water partition coefficient (Wildman–Crippen LogP) is 3.34. The predicted molar refractivity (Wildman–Crippen MR) is 71.7 cm³/mol. The van der Waals surface area contributed by atoms with E-state index in [0.717, 1.165) is 19.4 Å². The van der Waals surface area contributed by atoms with Crippen LogP contribution in [0, 0.1) is 17.2 Å². The quantitative estimate of drug-likeness (QED) is 0.792. The van der Waals surface area contributed by atoms with Gasteiger partial charge in [0.2, 0.25) is 0 Å². The van der Waals surface area contributed by atoms with Gasteiger partial charge in [-0.15, -0.1) is 0 Å². The maximum atomic E-state index is 9.15. The molecule has 0 N–H and O–H groups in total. The van der Waals surface area contributed by atoms with Crippen LogP contribution in [0.25, 0.3) is 0 Å². The van der Waals surface area contributed by atoms with Crippen LogP contribution >= 0.6 is 0 Å². The largest absolute Gasteiger partial charge is 0.293 e. The van der Waals surface area contributed by atoms with E-state index < -0.39 is 0 Å². The molecular weight excluding hydrogens is 220 g/mol. The van der Waals surface area contributed by atoms with E-state index in [0.29, 0.717) is 18.0 Å².